The van der Waals surface area contributed by atoms with Gasteiger partial charge in [0.05, 0.1) is 5.75 Å². The molecule has 0 atom stereocenters. The van der Waals surface area contributed by atoms with Gasteiger partial charge in [0, 0.05) is 47.5 Å². The van der Waals surface area contributed by atoms with Crippen molar-refractivity contribution < 1.29 is 9.59 Å². The van der Waals surface area contributed by atoms with E-state index in [0.717, 1.165) is 5.75 Å². The van der Waals surface area contributed by atoms with E-state index in [1.807, 2.05) is 0 Å². The highest BCUT2D eigenvalue weighted by molar-refractivity contribution is 8.00. The van der Waals surface area contributed by atoms with E-state index < -0.39 is 0 Å². The molecule has 124 valence electrons. The molecular weight excluding hydrogens is 355 g/mol. The summed E-state index contributed by atoms with van der Waals surface area (Å²) in [6.45, 7) is 5.76. The molecule has 0 N–H and O–H groups in total. The van der Waals surface area contributed by atoms with Crippen LogP contribution in [-0.4, -0.2) is 59.3 Å². The van der Waals surface area contributed by atoms with Crippen molar-refractivity contribution in [1.29, 1.82) is 0 Å². The van der Waals surface area contributed by atoms with Gasteiger partial charge in [-0.15, -0.1) is 18.3 Å². The first-order chi connectivity index (χ1) is 11.0. The fourth-order valence-corrected chi connectivity index (χ4v) is 3.51. The Morgan fingerprint density at radius 2 is 1.65 bits per heavy atom. The lowest BCUT2D eigenvalue weighted by molar-refractivity contribution is -0.129. The molecule has 23 heavy (non-hydrogen) atoms. The zero-order chi connectivity index (χ0) is 16.8. The summed E-state index contributed by atoms with van der Waals surface area (Å²) in [5.41, 5.74) is 0.476. The number of thioether (sulfide) groups is 1. The minimum absolute atomic E-state index is 0.106. The Balaban J connectivity index is 1.89. The van der Waals surface area contributed by atoms with Gasteiger partial charge in [-0.1, -0.05) is 29.3 Å². The zero-order valence-corrected chi connectivity index (χ0v) is 15.0. The number of hydrogen-bond donors (Lipinski definition) is 0. The summed E-state index contributed by atoms with van der Waals surface area (Å²) in [7, 11) is 0. The average molecular weight is 373 g/mol. The first-order valence-electron chi connectivity index (χ1n) is 7.23. The van der Waals surface area contributed by atoms with Crippen LogP contribution in [0.5, 0.6) is 0 Å². The van der Waals surface area contributed by atoms with Gasteiger partial charge in [0.15, 0.2) is 0 Å². The third-order valence-corrected chi connectivity index (χ3v) is 4.85. The number of nitrogens with zero attached hydrogens (tertiary/aromatic N) is 2. The summed E-state index contributed by atoms with van der Waals surface area (Å²) in [4.78, 5) is 28.0. The summed E-state index contributed by atoms with van der Waals surface area (Å²) in [5, 5.41) is 0.878. The third kappa shape index (κ3) is 5.16. The van der Waals surface area contributed by atoms with E-state index in [-0.39, 0.29) is 11.8 Å². The molecular formula is C16H18Cl2N2O2S. The molecule has 0 unspecified atom stereocenters. The molecule has 0 spiro atoms. The van der Waals surface area contributed by atoms with E-state index in [1.165, 1.54) is 0 Å². The summed E-state index contributed by atoms with van der Waals surface area (Å²) in [5.74, 6) is 1.21. The highest BCUT2D eigenvalue weighted by Crippen LogP contribution is 2.20. The predicted molar refractivity (Wildman–Crippen MR) is 96.5 cm³/mol. The number of hydrogen-bond acceptors (Lipinski definition) is 3. The van der Waals surface area contributed by atoms with Crippen molar-refractivity contribution in [2.45, 2.75) is 0 Å². The minimum Gasteiger partial charge on any atom is -0.338 e. The van der Waals surface area contributed by atoms with E-state index >= 15 is 0 Å². The van der Waals surface area contributed by atoms with Crippen molar-refractivity contribution in [3.63, 3.8) is 0 Å². The number of benzene rings is 1. The Hall–Kier alpha value is -1.17. The summed E-state index contributed by atoms with van der Waals surface area (Å²) < 4.78 is 0. The number of rotatable bonds is 5. The highest BCUT2D eigenvalue weighted by Gasteiger charge is 2.24. The number of amides is 2. The zero-order valence-electron chi connectivity index (χ0n) is 12.6. The molecule has 2 amide bonds. The molecule has 0 saturated carbocycles. The van der Waals surface area contributed by atoms with E-state index in [9.17, 15) is 9.59 Å². The van der Waals surface area contributed by atoms with Crippen LogP contribution in [0.4, 0.5) is 0 Å². The molecule has 0 aromatic heterocycles. The Bertz CT molecular complexity index is 581. The lowest BCUT2D eigenvalue weighted by Crippen LogP contribution is -2.51. The van der Waals surface area contributed by atoms with Gasteiger partial charge in [-0.2, -0.15) is 0 Å². The SMILES string of the molecule is C=CCSCC(=O)N1CCN(C(=O)c2cc(Cl)cc(Cl)c2)CC1. The smallest absolute Gasteiger partial charge is 0.254 e. The van der Waals surface area contributed by atoms with Crippen LogP contribution < -0.4 is 0 Å². The van der Waals surface area contributed by atoms with Gasteiger partial charge in [0.2, 0.25) is 5.91 Å². The summed E-state index contributed by atoms with van der Waals surface area (Å²) in [6, 6.07) is 4.82. The second kappa shape index (κ2) is 8.62. The maximum Gasteiger partial charge on any atom is 0.254 e. The fourth-order valence-electron chi connectivity index (χ4n) is 2.34. The molecule has 1 aliphatic heterocycles. The van der Waals surface area contributed by atoms with Crippen LogP contribution in [0.15, 0.2) is 30.9 Å². The second-order valence-corrected chi connectivity index (χ2v) is 7.04. The summed E-state index contributed by atoms with van der Waals surface area (Å²) in [6.07, 6.45) is 1.78. The number of carbonyl (C=O) groups excluding carboxylic acids is 2. The van der Waals surface area contributed by atoms with E-state index in [1.54, 1.807) is 45.8 Å². The van der Waals surface area contributed by atoms with Gasteiger partial charge in [0.25, 0.3) is 5.91 Å². The Labute approximate surface area is 150 Å². The largest absolute Gasteiger partial charge is 0.338 e. The first kappa shape index (κ1) is 18.2. The van der Waals surface area contributed by atoms with Crippen molar-refractivity contribution in [3.05, 3.63) is 46.5 Å². The van der Waals surface area contributed by atoms with Crippen LogP contribution in [0.3, 0.4) is 0 Å². The third-order valence-electron chi connectivity index (χ3n) is 3.49. The normalized spacial score (nSPS) is 14.7. The van der Waals surface area contributed by atoms with Gasteiger partial charge >= 0.3 is 0 Å². The Morgan fingerprint density at radius 3 is 2.22 bits per heavy atom. The average Bonchev–Trinajstić information content (AvgIpc) is 2.53. The predicted octanol–water partition coefficient (Wildman–Crippen LogP) is 3.20. The number of piperazine rings is 1. The fraction of sp³-hybridized carbons (Fsp3) is 0.375. The lowest BCUT2D eigenvalue weighted by Gasteiger charge is -2.34. The van der Waals surface area contributed by atoms with Crippen molar-refractivity contribution in [3.8, 4) is 0 Å². The van der Waals surface area contributed by atoms with Crippen LogP contribution in [0, 0.1) is 0 Å². The molecule has 7 heteroatoms. The Morgan fingerprint density at radius 1 is 1.09 bits per heavy atom. The van der Waals surface area contributed by atoms with Crippen LogP contribution in [0.1, 0.15) is 10.4 Å². The molecule has 0 radical (unpaired) electrons. The van der Waals surface area contributed by atoms with E-state index in [0.29, 0.717) is 47.5 Å². The number of halogens is 2. The van der Waals surface area contributed by atoms with Crippen molar-refractivity contribution in [1.82, 2.24) is 9.80 Å². The van der Waals surface area contributed by atoms with E-state index in [2.05, 4.69) is 6.58 Å². The van der Waals surface area contributed by atoms with Crippen molar-refractivity contribution >= 4 is 46.8 Å². The van der Waals surface area contributed by atoms with Gasteiger partial charge in [-0.3, -0.25) is 9.59 Å². The molecule has 4 nitrogen and oxygen atoms in total. The molecule has 0 bridgehead atoms. The molecule has 0 aliphatic carbocycles. The molecule has 1 aromatic rings. The molecule has 1 fully saturated rings. The van der Waals surface area contributed by atoms with Crippen LogP contribution in [0.2, 0.25) is 10.0 Å². The topological polar surface area (TPSA) is 40.6 Å². The van der Waals surface area contributed by atoms with Gasteiger partial charge < -0.3 is 9.80 Å². The minimum atomic E-state index is -0.109. The lowest BCUT2D eigenvalue weighted by atomic mass is 10.2. The molecule has 2 rings (SSSR count). The molecule has 1 saturated heterocycles. The molecule has 1 aromatic carbocycles. The summed E-state index contributed by atoms with van der Waals surface area (Å²) >= 11 is 13.4. The first-order valence-corrected chi connectivity index (χ1v) is 9.14. The van der Waals surface area contributed by atoms with E-state index in [4.69, 9.17) is 23.2 Å². The van der Waals surface area contributed by atoms with Crippen molar-refractivity contribution in [2.24, 2.45) is 0 Å². The Kier molecular flexibility index (Phi) is 6.81. The van der Waals surface area contributed by atoms with Crippen molar-refractivity contribution in [2.75, 3.05) is 37.7 Å². The molecule has 1 heterocycles. The maximum atomic E-state index is 12.5. The standard InChI is InChI=1S/C16H18Cl2N2O2S/c1-2-7-23-11-15(21)19-3-5-20(6-4-19)16(22)12-8-13(17)10-14(18)9-12/h2,8-10H,1,3-7,11H2. The maximum absolute atomic E-state index is 12.5. The number of carbonyl (C=O) groups is 2. The van der Waals surface area contributed by atoms with Gasteiger partial charge in [-0.25, -0.2) is 0 Å². The van der Waals surface area contributed by atoms with Gasteiger partial charge in [-0.05, 0) is 18.2 Å². The monoisotopic (exact) mass is 372 g/mol. The van der Waals surface area contributed by atoms with Crippen LogP contribution >= 0.6 is 35.0 Å². The van der Waals surface area contributed by atoms with Crippen LogP contribution in [-0.2, 0) is 4.79 Å². The highest BCUT2D eigenvalue weighted by atomic mass is 35.5. The molecule has 1 aliphatic rings. The van der Waals surface area contributed by atoms with Crippen LogP contribution in [0.25, 0.3) is 0 Å². The van der Waals surface area contributed by atoms with Gasteiger partial charge in [0.1, 0.15) is 0 Å². The second-order valence-electron chi connectivity index (χ2n) is 5.13. The quantitative estimate of drug-likeness (QED) is 0.588.